The summed E-state index contributed by atoms with van der Waals surface area (Å²) < 4.78 is 0. The van der Waals surface area contributed by atoms with Gasteiger partial charge >= 0.3 is 0 Å². The van der Waals surface area contributed by atoms with Crippen LogP contribution in [0.25, 0.3) is 0 Å². The van der Waals surface area contributed by atoms with Crippen molar-refractivity contribution in [2.75, 3.05) is 0 Å². The molecule has 2 saturated carbocycles. The van der Waals surface area contributed by atoms with Gasteiger partial charge in [-0.2, -0.15) is 0 Å². The van der Waals surface area contributed by atoms with Crippen molar-refractivity contribution < 1.29 is 19.8 Å². The summed E-state index contributed by atoms with van der Waals surface area (Å²) in [5.74, 6) is -0.640. The Morgan fingerprint density at radius 3 is 1.26 bits per heavy atom. The van der Waals surface area contributed by atoms with E-state index in [2.05, 4.69) is 10.6 Å². The molecule has 27 heavy (non-hydrogen) atoms. The summed E-state index contributed by atoms with van der Waals surface area (Å²) >= 11 is 0. The van der Waals surface area contributed by atoms with Crippen molar-refractivity contribution in [3.8, 4) is 0 Å². The van der Waals surface area contributed by atoms with Crippen LogP contribution in [0.1, 0.15) is 80.1 Å². The Labute approximate surface area is 163 Å². The lowest BCUT2D eigenvalue weighted by Gasteiger charge is -2.47. The minimum atomic E-state index is -1.29. The maximum Gasteiger partial charge on any atom is 0.235 e. The van der Waals surface area contributed by atoms with Gasteiger partial charge in [-0.05, 0) is 64.2 Å². The Balaban J connectivity index is 2.08. The molecule has 2 atom stereocenters. The number of aliphatic hydroxyl groups is 2. The zero-order valence-corrected chi connectivity index (χ0v) is 17.8. The molecular formula is C21H38N2O4. The van der Waals surface area contributed by atoms with E-state index in [-0.39, 0.29) is 35.7 Å². The standard InChI is InChI=1S/C21H38N2O4/c1-13(2)15(20(26)9-7-10-20)22-17(24)19(5,6)18(25)23-16(14(3)4)21(27)11-8-12-21/h13-16,26-27H,7-12H2,1-6H3,(H,22,24)(H,23,25)/t15-,16-/m1/s1. The highest BCUT2D eigenvalue weighted by molar-refractivity contribution is 6.04. The molecule has 0 saturated heterocycles. The van der Waals surface area contributed by atoms with Crippen molar-refractivity contribution in [1.29, 1.82) is 0 Å². The van der Waals surface area contributed by atoms with E-state index in [0.29, 0.717) is 25.7 Å². The first-order chi connectivity index (χ1) is 12.3. The second-order valence-electron chi connectivity index (χ2n) is 9.93. The van der Waals surface area contributed by atoms with E-state index in [0.717, 1.165) is 12.8 Å². The third-order valence-corrected chi connectivity index (χ3v) is 6.64. The van der Waals surface area contributed by atoms with Crippen molar-refractivity contribution in [1.82, 2.24) is 10.6 Å². The van der Waals surface area contributed by atoms with Crippen LogP contribution in [0.5, 0.6) is 0 Å². The summed E-state index contributed by atoms with van der Waals surface area (Å²) in [6.07, 6.45) is 4.59. The van der Waals surface area contributed by atoms with E-state index < -0.39 is 16.6 Å². The van der Waals surface area contributed by atoms with Crippen LogP contribution in [-0.2, 0) is 9.59 Å². The van der Waals surface area contributed by atoms with Gasteiger partial charge in [-0.1, -0.05) is 27.7 Å². The monoisotopic (exact) mass is 382 g/mol. The molecule has 0 aliphatic heterocycles. The van der Waals surface area contributed by atoms with Gasteiger partial charge in [0.2, 0.25) is 11.8 Å². The SMILES string of the molecule is CC(C)[C@@H](NC(=O)C(C)(C)C(=O)N[C@H](C(C)C)C1(O)CCC1)C1(O)CCC1. The van der Waals surface area contributed by atoms with Crippen LogP contribution in [-0.4, -0.2) is 45.3 Å². The molecule has 0 aromatic carbocycles. The minimum absolute atomic E-state index is 0.0669. The van der Waals surface area contributed by atoms with Crippen molar-refractivity contribution >= 4 is 11.8 Å². The summed E-state index contributed by atoms with van der Waals surface area (Å²) in [4.78, 5) is 25.9. The quantitative estimate of drug-likeness (QED) is 0.483. The number of hydrogen-bond acceptors (Lipinski definition) is 4. The van der Waals surface area contributed by atoms with Crippen LogP contribution in [0.3, 0.4) is 0 Å². The molecule has 4 N–H and O–H groups in total. The summed E-state index contributed by atoms with van der Waals surface area (Å²) in [5, 5.41) is 27.3. The number of carbonyl (C=O) groups is 2. The molecule has 2 rings (SSSR count). The lowest BCUT2D eigenvalue weighted by molar-refractivity contribution is -0.149. The van der Waals surface area contributed by atoms with Gasteiger partial charge in [0.05, 0.1) is 23.3 Å². The fourth-order valence-corrected chi connectivity index (χ4v) is 4.29. The average molecular weight is 383 g/mol. The third-order valence-electron chi connectivity index (χ3n) is 6.64. The Bertz CT molecular complexity index is 515. The van der Waals surface area contributed by atoms with Crippen LogP contribution in [0.4, 0.5) is 0 Å². The van der Waals surface area contributed by atoms with Gasteiger partial charge in [-0.15, -0.1) is 0 Å². The maximum atomic E-state index is 12.9. The predicted molar refractivity (Wildman–Crippen MR) is 105 cm³/mol. The zero-order valence-electron chi connectivity index (χ0n) is 17.8. The first-order valence-electron chi connectivity index (χ1n) is 10.4. The number of rotatable bonds is 8. The van der Waals surface area contributed by atoms with Crippen molar-refractivity contribution in [2.24, 2.45) is 17.3 Å². The molecule has 6 nitrogen and oxygen atoms in total. The number of nitrogens with one attached hydrogen (secondary N) is 2. The summed E-state index contributed by atoms with van der Waals surface area (Å²) in [6.45, 7) is 11.1. The van der Waals surface area contributed by atoms with Crippen LogP contribution in [0.2, 0.25) is 0 Å². The topological polar surface area (TPSA) is 98.7 Å². The molecule has 0 aromatic heterocycles. The molecule has 156 valence electrons. The van der Waals surface area contributed by atoms with Gasteiger partial charge in [0.1, 0.15) is 5.41 Å². The Kier molecular flexibility index (Phi) is 6.32. The second kappa shape index (κ2) is 7.70. The number of hydrogen-bond donors (Lipinski definition) is 4. The summed E-state index contributed by atoms with van der Waals surface area (Å²) in [6, 6.07) is -0.745. The number of amides is 2. The molecule has 0 heterocycles. The maximum absolute atomic E-state index is 12.9. The normalized spacial score (nSPS) is 23.2. The smallest absolute Gasteiger partial charge is 0.235 e. The molecule has 2 aliphatic rings. The molecule has 0 aromatic rings. The molecule has 0 unspecified atom stereocenters. The van der Waals surface area contributed by atoms with E-state index >= 15 is 0 Å². The molecule has 2 amide bonds. The zero-order chi connectivity index (χ0) is 20.6. The van der Waals surface area contributed by atoms with Gasteiger partial charge in [0.25, 0.3) is 0 Å². The van der Waals surface area contributed by atoms with Gasteiger partial charge in [0.15, 0.2) is 0 Å². The first-order valence-corrected chi connectivity index (χ1v) is 10.4. The van der Waals surface area contributed by atoms with E-state index in [1.165, 1.54) is 0 Å². The van der Waals surface area contributed by atoms with Gasteiger partial charge < -0.3 is 20.8 Å². The number of carbonyl (C=O) groups excluding carboxylic acids is 2. The lowest BCUT2D eigenvalue weighted by Crippen LogP contribution is -2.64. The van der Waals surface area contributed by atoms with Crippen LogP contribution < -0.4 is 10.6 Å². The first kappa shape index (κ1) is 22.2. The van der Waals surface area contributed by atoms with Crippen LogP contribution in [0, 0.1) is 17.3 Å². The molecular weight excluding hydrogens is 344 g/mol. The van der Waals surface area contributed by atoms with Gasteiger partial charge in [-0.3, -0.25) is 9.59 Å². The van der Waals surface area contributed by atoms with Gasteiger partial charge in [0, 0.05) is 0 Å². The Morgan fingerprint density at radius 2 is 1.07 bits per heavy atom. The predicted octanol–water partition coefficient (Wildman–Crippen LogP) is 2.12. The van der Waals surface area contributed by atoms with Gasteiger partial charge in [-0.25, -0.2) is 0 Å². The fourth-order valence-electron chi connectivity index (χ4n) is 4.29. The molecule has 0 radical (unpaired) electrons. The molecule has 0 spiro atoms. The van der Waals surface area contributed by atoms with E-state index in [1.807, 2.05) is 27.7 Å². The van der Waals surface area contributed by atoms with Crippen molar-refractivity contribution in [3.05, 3.63) is 0 Å². The average Bonchev–Trinajstić information content (AvgIpc) is 2.51. The fraction of sp³-hybridized carbons (Fsp3) is 0.905. The van der Waals surface area contributed by atoms with Crippen LogP contribution in [0.15, 0.2) is 0 Å². The second-order valence-corrected chi connectivity index (χ2v) is 9.93. The highest BCUT2D eigenvalue weighted by Crippen LogP contribution is 2.39. The summed E-state index contributed by atoms with van der Waals surface area (Å²) in [7, 11) is 0. The van der Waals surface area contributed by atoms with E-state index in [4.69, 9.17) is 0 Å². The summed E-state index contributed by atoms with van der Waals surface area (Å²) in [5.41, 5.74) is -3.05. The minimum Gasteiger partial charge on any atom is -0.388 e. The lowest BCUT2D eigenvalue weighted by atomic mass is 9.70. The molecule has 6 heteroatoms. The van der Waals surface area contributed by atoms with E-state index in [1.54, 1.807) is 13.8 Å². The van der Waals surface area contributed by atoms with E-state index in [9.17, 15) is 19.8 Å². The molecule has 2 fully saturated rings. The van der Waals surface area contributed by atoms with Crippen molar-refractivity contribution in [2.45, 2.75) is 103 Å². The Hall–Kier alpha value is -1.14. The Morgan fingerprint density at radius 1 is 0.778 bits per heavy atom. The van der Waals surface area contributed by atoms with Crippen LogP contribution >= 0.6 is 0 Å². The largest absolute Gasteiger partial charge is 0.388 e. The highest BCUT2D eigenvalue weighted by atomic mass is 16.3. The highest BCUT2D eigenvalue weighted by Gasteiger charge is 2.49. The molecule has 2 aliphatic carbocycles. The van der Waals surface area contributed by atoms with Crippen molar-refractivity contribution in [3.63, 3.8) is 0 Å². The molecule has 0 bridgehead atoms. The third kappa shape index (κ3) is 4.32.